The quantitative estimate of drug-likeness (QED) is 0.738. The maximum Gasteiger partial charge on any atom is 0.406 e. The van der Waals surface area contributed by atoms with Gasteiger partial charge in [0.15, 0.2) is 6.61 Å². The van der Waals surface area contributed by atoms with Crippen LogP contribution >= 0.6 is 0 Å². The lowest BCUT2D eigenvalue weighted by Gasteiger charge is -2.23. The van der Waals surface area contributed by atoms with Crippen LogP contribution in [0.15, 0.2) is 24.3 Å². The van der Waals surface area contributed by atoms with Gasteiger partial charge in [-0.05, 0) is 30.7 Å². The minimum Gasteiger partial charge on any atom is -0.497 e. The Labute approximate surface area is 127 Å². The molecule has 0 aliphatic rings. The van der Waals surface area contributed by atoms with Gasteiger partial charge in [-0.3, -0.25) is 4.79 Å². The van der Waals surface area contributed by atoms with Crippen molar-refractivity contribution in [1.82, 2.24) is 4.90 Å². The Morgan fingerprint density at radius 1 is 1.18 bits per heavy atom. The van der Waals surface area contributed by atoms with E-state index in [2.05, 4.69) is 0 Å². The Hall–Kier alpha value is -1.92. The molecule has 0 aromatic heterocycles. The van der Waals surface area contributed by atoms with Crippen LogP contribution in [0, 0.1) is 0 Å². The first-order valence-electron chi connectivity index (χ1n) is 6.97. The van der Waals surface area contributed by atoms with Crippen molar-refractivity contribution < 1.29 is 27.4 Å². The zero-order valence-electron chi connectivity index (χ0n) is 12.7. The minimum absolute atomic E-state index is 0.0703. The SMILES string of the molecule is CCCCN(CC(F)(F)F)C(=O)COc1ccc(OC)cc1. The fourth-order valence-electron chi connectivity index (χ4n) is 1.77. The van der Waals surface area contributed by atoms with Crippen LogP contribution in [-0.2, 0) is 4.79 Å². The fraction of sp³-hybridized carbons (Fsp3) is 0.533. The van der Waals surface area contributed by atoms with Crippen LogP contribution in [0.2, 0.25) is 0 Å². The molecule has 0 atom stereocenters. The third-order valence-electron chi connectivity index (χ3n) is 2.93. The van der Waals surface area contributed by atoms with Gasteiger partial charge in [0.2, 0.25) is 0 Å². The van der Waals surface area contributed by atoms with Gasteiger partial charge in [0.1, 0.15) is 18.0 Å². The molecule has 1 rings (SSSR count). The molecule has 0 radical (unpaired) electrons. The molecule has 4 nitrogen and oxygen atoms in total. The molecule has 0 aliphatic carbocycles. The monoisotopic (exact) mass is 319 g/mol. The van der Waals surface area contributed by atoms with Crippen molar-refractivity contribution in [2.75, 3.05) is 26.8 Å². The zero-order chi connectivity index (χ0) is 16.6. The van der Waals surface area contributed by atoms with Gasteiger partial charge in [0, 0.05) is 6.54 Å². The van der Waals surface area contributed by atoms with Crippen LogP contribution in [0.5, 0.6) is 11.5 Å². The molecule has 0 saturated carbocycles. The molecular weight excluding hydrogens is 299 g/mol. The Morgan fingerprint density at radius 2 is 1.77 bits per heavy atom. The molecule has 1 aromatic carbocycles. The van der Waals surface area contributed by atoms with Crippen LogP contribution in [0.25, 0.3) is 0 Å². The first-order chi connectivity index (χ1) is 10.4. The molecule has 22 heavy (non-hydrogen) atoms. The number of halogens is 3. The van der Waals surface area contributed by atoms with Crippen LogP contribution < -0.4 is 9.47 Å². The number of methoxy groups -OCH3 is 1. The fourth-order valence-corrected chi connectivity index (χ4v) is 1.77. The number of amides is 1. The summed E-state index contributed by atoms with van der Waals surface area (Å²) in [5.74, 6) is 0.346. The summed E-state index contributed by atoms with van der Waals surface area (Å²) in [7, 11) is 1.52. The highest BCUT2D eigenvalue weighted by atomic mass is 19.4. The van der Waals surface area contributed by atoms with Crippen molar-refractivity contribution in [2.24, 2.45) is 0 Å². The average Bonchev–Trinajstić information content (AvgIpc) is 2.48. The predicted molar refractivity (Wildman–Crippen MR) is 76.0 cm³/mol. The lowest BCUT2D eigenvalue weighted by molar-refractivity contribution is -0.162. The van der Waals surface area contributed by atoms with E-state index in [0.29, 0.717) is 24.3 Å². The van der Waals surface area contributed by atoms with Gasteiger partial charge >= 0.3 is 6.18 Å². The van der Waals surface area contributed by atoms with Crippen LogP contribution in [0.4, 0.5) is 13.2 Å². The molecule has 0 bridgehead atoms. The summed E-state index contributed by atoms with van der Waals surface area (Å²) in [6.07, 6.45) is -3.19. The molecule has 1 amide bonds. The van der Waals surface area contributed by atoms with Crippen LogP contribution in [0.1, 0.15) is 19.8 Å². The van der Waals surface area contributed by atoms with Crippen molar-refractivity contribution in [1.29, 1.82) is 0 Å². The summed E-state index contributed by atoms with van der Waals surface area (Å²) in [4.78, 5) is 12.7. The number of unbranched alkanes of at least 4 members (excludes halogenated alkanes) is 1. The van der Waals surface area contributed by atoms with E-state index in [0.717, 1.165) is 4.90 Å². The Morgan fingerprint density at radius 3 is 2.27 bits per heavy atom. The largest absolute Gasteiger partial charge is 0.497 e. The summed E-state index contributed by atoms with van der Waals surface area (Å²) < 4.78 is 47.7. The number of benzene rings is 1. The second-order valence-electron chi connectivity index (χ2n) is 4.75. The van der Waals surface area contributed by atoms with E-state index in [4.69, 9.17) is 9.47 Å². The summed E-state index contributed by atoms with van der Waals surface area (Å²) >= 11 is 0. The number of ether oxygens (including phenoxy) is 2. The number of hydrogen-bond acceptors (Lipinski definition) is 3. The molecular formula is C15H20F3NO3. The lowest BCUT2D eigenvalue weighted by atomic mass is 10.3. The first kappa shape index (κ1) is 18.1. The van der Waals surface area contributed by atoms with E-state index in [-0.39, 0.29) is 6.54 Å². The average molecular weight is 319 g/mol. The standard InChI is InChI=1S/C15H20F3NO3/c1-3-4-9-19(11-15(16,17)18)14(20)10-22-13-7-5-12(21-2)6-8-13/h5-8H,3-4,9-11H2,1-2H3. The van der Waals surface area contributed by atoms with E-state index in [1.807, 2.05) is 6.92 Å². The molecule has 0 spiro atoms. The van der Waals surface area contributed by atoms with E-state index < -0.39 is 25.2 Å². The van der Waals surface area contributed by atoms with Crippen LogP contribution in [0.3, 0.4) is 0 Å². The predicted octanol–water partition coefficient (Wildman–Crippen LogP) is 3.27. The number of rotatable bonds is 8. The maximum absolute atomic E-state index is 12.5. The molecule has 0 fully saturated rings. The Kier molecular flexibility index (Phi) is 7.01. The second-order valence-corrected chi connectivity index (χ2v) is 4.75. The number of carbonyl (C=O) groups excluding carboxylic acids is 1. The van der Waals surface area contributed by atoms with Crippen molar-refractivity contribution in [2.45, 2.75) is 25.9 Å². The molecule has 0 N–H and O–H groups in total. The van der Waals surface area contributed by atoms with Crippen molar-refractivity contribution in [3.8, 4) is 11.5 Å². The van der Waals surface area contributed by atoms with Gasteiger partial charge in [0.05, 0.1) is 7.11 Å². The van der Waals surface area contributed by atoms with Gasteiger partial charge in [-0.25, -0.2) is 0 Å². The van der Waals surface area contributed by atoms with Gasteiger partial charge in [-0.2, -0.15) is 13.2 Å². The third kappa shape index (κ3) is 6.69. The number of carbonyl (C=O) groups is 1. The summed E-state index contributed by atoms with van der Waals surface area (Å²) in [5, 5.41) is 0. The van der Waals surface area contributed by atoms with Gasteiger partial charge in [-0.15, -0.1) is 0 Å². The summed E-state index contributed by atoms with van der Waals surface area (Å²) in [6, 6.07) is 6.47. The highest BCUT2D eigenvalue weighted by Gasteiger charge is 2.32. The van der Waals surface area contributed by atoms with Crippen LogP contribution in [-0.4, -0.2) is 43.8 Å². The summed E-state index contributed by atoms with van der Waals surface area (Å²) in [5.41, 5.74) is 0. The van der Waals surface area contributed by atoms with E-state index in [9.17, 15) is 18.0 Å². The van der Waals surface area contributed by atoms with Crippen molar-refractivity contribution in [3.63, 3.8) is 0 Å². The minimum atomic E-state index is -4.41. The molecule has 7 heteroatoms. The Bertz CT molecular complexity index is 460. The molecule has 124 valence electrons. The second kappa shape index (κ2) is 8.51. The van der Waals surface area contributed by atoms with E-state index >= 15 is 0 Å². The summed E-state index contributed by atoms with van der Waals surface area (Å²) in [6.45, 7) is 0.245. The van der Waals surface area contributed by atoms with Crippen molar-refractivity contribution >= 4 is 5.91 Å². The molecule has 0 aliphatic heterocycles. The van der Waals surface area contributed by atoms with Gasteiger partial charge in [-0.1, -0.05) is 13.3 Å². The lowest BCUT2D eigenvalue weighted by Crippen LogP contribution is -2.42. The van der Waals surface area contributed by atoms with Gasteiger partial charge in [0.25, 0.3) is 5.91 Å². The van der Waals surface area contributed by atoms with E-state index in [1.54, 1.807) is 24.3 Å². The Balaban J connectivity index is 2.57. The normalized spacial score (nSPS) is 11.1. The van der Waals surface area contributed by atoms with E-state index in [1.165, 1.54) is 7.11 Å². The first-order valence-corrected chi connectivity index (χ1v) is 6.97. The molecule has 0 saturated heterocycles. The van der Waals surface area contributed by atoms with Crippen molar-refractivity contribution in [3.05, 3.63) is 24.3 Å². The van der Waals surface area contributed by atoms with Gasteiger partial charge < -0.3 is 14.4 Å². The zero-order valence-corrected chi connectivity index (χ0v) is 12.7. The number of alkyl halides is 3. The maximum atomic E-state index is 12.5. The highest BCUT2D eigenvalue weighted by Crippen LogP contribution is 2.19. The molecule has 1 aromatic rings. The number of hydrogen-bond donors (Lipinski definition) is 0. The third-order valence-corrected chi connectivity index (χ3v) is 2.93. The number of nitrogens with zero attached hydrogens (tertiary/aromatic N) is 1. The molecule has 0 unspecified atom stereocenters. The smallest absolute Gasteiger partial charge is 0.406 e. The topological polar surface area (TPSA) is 38.8 Å². The highest BCUT2D eigenvalue weighted by molar-refractivity contribution is 5.77. The molecule has 0 heterocycles.